The van der Waals surface area contributed by atoms with E-state index >= 15 is 0 Å². The quantitative estimate of drug-likeness (QED) is 0.615. The fourth-order valence-electron chi connectivity index (χ4n) is 3.12. The lowest BCUT2D eigenvalue weighted by molar-refractivity contribution is -0.137. The van der Waals surface area contributed by atoms with Crippen LogP contribution in [0.1, 0.15) is 41.2 Å². The smallest absolute Gasteiger partial charge is 0.418 e. The normalized spacial score (nSPS) is 11.5. The van der Waals surface area contributed by atoms with Gasteiger partial charge in [-0.3, -0.25) is 9.59 Å². The number of ether oxygens (including phenoxy) is 1. The van der Waals surface area contributed by atoms with Crippen molar-refractivity contribution in [2.24, 2.45) is 0 Å². The lowest BCUT2D eigenvalue weighted by Gasteiger charge is -2.17. The number of alkyl halides is 3. The van der Waals surface area contributed by atoms with Gasteiger partial charge in [0, 0.05) is 23.9 Å². The highest BCUT2D eigenvalue weighted by molar-refractivity contribution is 5.92. The summed E-state index contributed by atoms with van der Waals surface area (Å²) < 4.78 is 47.0. The zero-order chi connectivity index (χ0) is 23.5. The topological polar surface area (TPSA) is 73.2 Å². The number of nitrogens with one attached hydrogen (secondary N) is 1. The van der Waals surface area contributed by atoms with Gasteiger partial charge < -0.3 is 10.1 Å². The van der Waals surface area contributed by atoms with E-state index < -0.39 is 28.8 Å². The second kappa shape index (κ2) is 9.25. The molecule has 2 aromatic carbocycles. The summed E-state index contributed by atoms with van der Waals surface area (Å²) in [5.41, 5.74) is -1.54. The van der Waals surface area contributed by atoms with E-state index in [1.54, 1.807) is 24.3 Å². The molecule has 1 aromatic heterocycles. The van der Waals surface area contributed by atoms with E-state index in [-0.39, 0.29) is 24.0 Å². The van der Waals surface area contributed by atoms with Crippen molar-refractivity contribution in [2.45, 2.75) is 39.6 Å². The number of carbonyl (C=O) groups excluding carboxylic acids is 1. The first-order valence-electron chi connectivity index (χ1n) is 9.88. The number of hydrogen-bond acceptors (Lipinski definition) is 4. The van der Waals surface area contributed by atoms with E-state index in [4.69, 9.17) is 4.74 Å². The van der Waals surface area contributed by atoms with Gasteiger partial charge in [-0.05, 0) is 39.0 Å². The molecule has 0 bridgehead atoms. The van der Waals surface area contributed by atoms with Gasteiger partial charge in [-0.1, -0.05) is 30.3 Å². The van der Waals surface area contributed by atoms with Crippen molar-refractivity contribution >= 4 is 5.91 Å². The maximum Gasteiger partial charge on any atom is 0.418 e. The molecule has 0 radical (unpaired) electrons. The lowest BCUT2D eigenvalue weighted by atomic mass is 10.1. The van der Waals surface area contributed by atoms with Crippen molar-refractivity contribution in [3.8, 4) is 11.4 Å². The Morgan fingerprint density at radius 1 is 1.12 bits per heavy atom. The van der Waals surface area contributed by atoms with Crippen LogP contribution < -0.4 is 15.5 Å². The maximum absolute atomic E-state index is 13.4. The highest BCUT2D eigenvalue weighted by atomic mass is 19.4. The highest BCUT2D eigenvalue weighted by Gasteiger charge is 2.34. The molecule has 1 N–H and O–H groups in total. The van der Waals surface area contributed by atoms with Crippen LogP contribution in [-0.2, 0) is 12.7 Å². The molecular formula is C23H22F3N3O3. The van der Waals surface area contributed by atoms with Gasteiger partial charge in [-0.2, -0.15) is 18.3 Å². The van der Waals surface area contributed by atoms with Gasteiger partial charge >= 0.3 is 6.18 Å². The van der Waals surface area contributed by atoms with Gasteiger partial charge in [0.25, 0.3) is 5.91 Å². The molecule has 0 aliphatic heterocycles. The molecule has 0 spiro atoms. The van der Waals surface area contributed by atoms with Crippen molar-refractivity contribution in [3.05, 3.63) is 87.3 Å². The Labute approximate surface area is 182 Å². The zero-order valence-corrected chi connectivity index (χ0v) is 17.7. The van der Waals surface area contributed by atoms with Crippen molar-refractivity contribution in [1.29, 1.82) is 0 Å². The predicted octanol–water partition coefficient (Wildman–Crippen LogP) is 4.28. The second-order valence-corrected chi connectivity index (χ2v) is 7.38. The van der Waals surface area contributed by atoms with E-state index in [9.17, 15) is 22.8 Å². The number of halogens is 3. The molecule has 3 aromatic rings. The monoisotopic (exact) mass is 445 g/mol. The molecule has 3 rings (SSSR count). The molecule has 0 fully saturated rings. The lowest BCUT2D eigenvalue weighted by Crippen LogP contribution is -2.32. The summed E-state index contributed by atoms with van der Waals surface area (Å²) in [5, 5.41) is 6.56. The molecule has 6 nitrogen and oxygen atoms in total. The summed E-state index contributed by atoms with van der Waals surface area (Å²) in [5.74, 6) is -0.219. The van der Waals surface area contributed by atoms with Crippen molar-refractivity contribution in [1.82, 2.24) is 15.1 Å². The first kappa shape index (κ1) is 23.1. The number of aryl methyl sites for hydroxylation is 1. The minimum Gasteiger partial charge on any atom is -0.491 e. The summed E-state index contributed by atoms with van der Waals surface area (Å²) in [7, 11) is 0. The Hall–Kier alpha value is -3.62. The number of aromatic nitrogens is 2. The summed E-state index contributed by atoms with van der Waals surface area (Å²) in [6, 6.07) is 13.0. The summed E-state index contributed by atoms with van der Waals surface area (Å²) in [6.45, 7) is 5.23. The Balaban J connectivity index is 1.93. The van der Waals surface area contributed by atoms with Crippen molar-refractivity contribution in [3.63, 3.8) is 0 Å². The molecule has 0 atom stereocenters. The Bertz CT molecular complexity index is 1190. The van der Waals surface area contributed by atoms with Crippen LogP contribution in [-0.4, -0.2) is 21.8 Å². The van der Waals surface area contributed by atoms with E-state index in [1.807, 2.05) is 13.8 Å². The molecule has 0 saturated carbocycles. The third-order valence-electron chi connectivity index (χ3n) is 4.53. The van der Waals surface area contributed by atoms with Crippen molar-refractivity contribution in [2.75, 3.05) is 0 Å². The zero-order valence-electron chi connectivity index (χ0n) is 17.7. The van der Waals surface area contributed by atoms with Gasteiger partial charge in [0.05, 0.1) is 17.4 Å². The fraction of sp³-hybridized carbons (Fsp3) is 0.261. The molecule has 0 aliphatic rings. The molecule has 168 valence electrons. The number of nitrogens with zero attached hydrogens (tertiary/aromatic N) is 2. The second-order valence-electron chi connectivity index (χ2n) is 7.38. The third-order valence-corrected chi connectivity index (χ3v) is 4.53. The predicted molar refractivity (Wildman–Crippen MR) is 113 cm³/mol. The molecule has 1 amide bonds. The minimum atomic E-state index is -4.63. The van der Waals surface area contributed by atoms with Crippen LogP contribution >= 0.6 is 0 Å². The standard InChI is InChI=1S/C23H22F3N3O3/c1-14(2)32-20-11-7-4-8-16(20)13-27-22(31)21-19(30)12-15(3)29(28-21)18-10-6-5-9-17(18)23(24,25)26/h4-12,14H,13H2,1-3H3,(H,27,31). The number of para-hydroxylation sites is 2. The van der Waals surface area contributed by atoms with E-state index in [2.05, 4.69) is 10.4 Å². The summed E-state index contributed by atoms with van der Waals surface area (Å²) >= 11 is 0. The molecule has 9 heteroatoms. The highest BCUT2D eigenvalue weighted by Crippen LogP contribution is 2.33. The number of rotatable bonds is 6. The molecule has 0 saturated heterocycles. The molecule has 1 heterocycles. The third kappa shape index (κ3) is 5.16. The van der Waals surface area contributed by atoms with Crippen LogP contribution in [0.2, 0.25) is 0 Å². The van der Waals surface area contributed by atoms with E-state index in [0.29, 0.717) is 11.3 Å². The van der Waals surface area contributed by atoms with Gasteiger partial charge in [-0.25, -0.2) is 4.68 Å². The van der Waals surface area contributed by atoms with Gasteiger partial charge in [0.1, 0.15) is 5.75 Å². The Morgan fingerprint density at radius 3 is 2.47 bits per heavy atom. The average Bonchev–Trinajstić information content (AvgIpc) is 2.72. The molecule has 0 aliphatic carbocycles. The van der Waals surface area contributed by atoms with Crippen molar-refractivity contribution < 1.29 is 22.7 Å². The van der Waals surface area contributed by atoms with Gasteiger partial charge in [0.2, 0.25) is 5.43 Å². The molecular weight excluding hydrogens is 423 g/mol. The van der Waals surface area contributed by atoms with E-state index in [0.717, 1.165) is 16.8 Å². The average molecular weight is 445 g/mol. The van der Waals surface area contributed by atoms with Crippen LogP contribution in [0.4, 0.5) is 13.2 Å². The Morgan fingerprint density at radius 2 is 1.78 bits per heavy atom. The van der Waals surface area contributed by atoms with Crippen LogP contribution in [0.25, 0.3) is 5.69 Å². The number of amides is 1. The summed E-state index contributed by atoms with van der Waals surface area (Å²) in [6.07, 6.45) is -4.71. The maximum atomic E-state index is 13.4. The molecule has 32 heavy (non-hydrogen) atoms. The first-order valence-corrected chi connectivity index (χ1v) is 9.88. The van der Waals surface area contributed by atoms with Gasteiger partial charge in [-0.15, -0.1) is 0 Å². The first-order chi connectivity index (χ1) is 15.1. The SMILES string of the molecule is Cc1cc(=O)c(C(=O)NCc2ccccc2OC(C)C)nn1-c1ccccc1C(F)(F)F. The van der Waals surface area contributed by atoms with Crippen LogP contribution in [0, 0.1) is 6.92 Å². The number of hydrogen-bond donors (Lipinski definition) is 1. The largest absolute Gasteiger partial charge is 0.491 e. The molecule has 0 unspecified atom stereocenters. The Kier molecular flexibility index (Phi) is 6.67. The van der Waals surface area contributed by atoms with Crippen LogP contribution in [0.5, 0.6) is 5.75 Å². The number of benzene rings is 2. The fourth-order valence-corrected chi connectivity index (χ4v) is 3.12. The van der Waals surface area contributed by atoms with Gasteiger partial charge in [0.15, 0.2) is 5.69 Å². The summed E-state index contributed by atoms with van der Waals surface area (Å²) in [4.78, 5) is 25.1. The van der Waals surface area contributed by atoms with Crippen LogP contribution in [0.3, 0.4) is 0 Å². The van der Waals surface area contributed by atoms with E-state index in [1.165, 1.54) is 25.1 Å². The van der Waals surface area contributed by atoms with Crippen LogP contribution in [0.15, 0.2) is 59.4 Å². The number of carbonyl (C=O) groups is 1. The minimum absolute atomic E-state index is 0.0514.